The van der Waals surface area contributed by atoms with Gasteiger partial charge in [-0.15, -0.1) is 0 Å². The van der Waals surface area contributed by atoms with Gasteiger partial charge >= 0.3 is 6.18 Å². The molecule has 0 saturated carbocycles. The van der Waals surface area contributed by atoms with Crippen molar-refractivity contribution in [3.05, 3.63) is 53.9 Å². The van der Waals surface area contributed by atoms with Crippen molar-refractivity contribution in [2.75, 3.05) is 5.32 Å². The molecule has 0 atom stereocenters. The Morgan fingerprint density at radius 1 is 1.19 bits per heavy atom. The van der Waals surface area contributed by atoms with Crippen molar-refractivity contribution < 1.29 is 18.4 Å². The molecule has 2 aromatic rings. The van der Waals surface area contributed by atoms with E-state index in [1.807, 2.05) is 0 Å². The van der Waals surface area contributed by atoms with Gasteiger partial charge in [-0.3, -0.25) is 4.98 Å². The van der Waals surface area contributed by atoms with E-state index >= 15 is 0 Å². The molecule has 0 spiro atoms. The first-order chi connectivity index (χ1) is 9.91. The van der Waals surface area contributed by atoms with Crippen LogP contribution < -0.4 is 11.1 Å². The highest BCUT2D eigenvalue weighted by Gasteiger charge is 2.29. The summed E-state index contributed by atoms with van der Waals surface area (Å²) in [6, 6.07) is 7.71. The topological polar surface area (TPSA) is 83.5 Å². The third-order valence-corrected chi connectivity index (χ3v) is 2.65. The van der Waals surface area contributed by atoms with E-state index in [0.717, 1.165) is 12.1 Å². The summed E-state index contributed by atoms with van der Waals surface area (Å²) in [5.41, 5.74) is 5.76. The molecule has 0 fully saturated rings. The Bertz CT molecular complexity index is 653. The highest BCUT2D eigenvalue weighted by atomic mass is 19.4. The third kappa shape index (κ3) is 3.41. The first-order valence-corrected chi connectivity index (χ1v) is 5.79. The Labute approximate surface area is 117 Å². The molecule has 0 unspecified atom stereocenters. The average molecular weight is 296 g/mol. The van der Waals surface area contributed by atoms with Gasteiger partial charge in [-0.1, -0.05) is 5.16 Å². The number of pyridine rings is 1. The third-order valence-electron chi connectivity index (χ3n) is 2.65. The van der Waals surface area contributed by atoms with Crippen LogP contribution >= 0.6 is 0 Å². The maximum atomic E-state index is 12.5. The maximum absolute atomic E-state index is 12.5. The molecule has 2 rings (SSSR count). The number of nitrogens with one attached hydrogen (secondary N) is 1. The van der Waals surface area contributed by atoms with Crippen LogP contribution in [0.3, 0.4) is 0 Å². The zero-order valence-electron chi connectivity index (χ0n) is 10.6. The summed E-state index contributed by atoms with van der Waals surface area (Å²) in [4.78, 5) is 3.94. The van der Waals surface area contributed by atoms with Gasteiger partial charge < -0.3 is 16.3 Å². The van der Waals surface area contributed by atoms with Crippen LogP contribution in [0.5, 0.6) is 0 Å². The highest BCUT2D eigenvalue weighted by molar-refractivity contribution is 6.00. The zero-order chi connectivity index (χ0) is 15.5. The molecule has 4 N–H and O–H groups in total. The monoisotopic (exact) mass is 296 g/mol. The number of aromatic nitrogens is 1. The average Bonchev–Trinajstić information content (AvgIpc) is 2.46. The number of rotatable bonds is 3. The molecule has 0 aliphatic rings. The lowest BCUT2D eigenvalue weighted by Crippen LogP contribution is -2.16. The molecule has 0 radical (unpaired) electrons. The Balaban J connectivity index is 2.27. The van der Waals surface area contributed by atoms with Gasteiger partial charge in [0.1, 0.15) is 5.69 Å². The summed E-state index contributed by atoms with van der Waals surface area (Å²) in [5, 5.41) is 14.4. The van der Waals surface area contributed by atoms with Crippen molar-refractivity contribution in [1.29, 1.82) is 0 Å². The number of halogens is 3. The quantitative estimate of drug-likeness (QED) is 0.352. The predicted molar refractivity (Wildman–Crippen MR) is 71.5 cm³/mol. The SMILES string of the molecule is N/C(=N/O)c1ncccc1Nc1ccc(C(F)(F)F)cc1. The van der Waals surface area contributed by atoms with E-state index in [1.165, 1.54) is 18.3 Å². The van der Waals surface area contributed by atoms with E-state index in [4.69, 9.17) is 10.9 Å². The highest BCUT2D eigenvalue weighted by Crippen LogP contribution is 2.30. The number of oxime groups is 1. The lowest BCUT2D eigenvalue weighted by atomic mass is 10.2. The van der Waals surface area contributed by atoms with Crippen LogP contribution in [-0.4, -0.2) is 16.0 Å². The van der Waals surface area contributed by atoms with Crippen LogP contribution in [0.1, 0.15) is 11.3 Å². The molecule has 5 nitrogen and oxygen atoms in total. The van der Waals surface area contributed by atoms with Crippen LogP contribution in [0.2, 0.25) is 0 Å². The summed E-state index contributed by atoms with van der Waals surface area (Å²) in [5.74, 6) is -0.204. The number of anilines is 2. The summed E-state index contributed by atoms with van der Waals surface area (Å²) < 4.78 is 37.4. The Morgan fingerprint density at radius 3 is 2.43 bits per heavy atom. The van der Waals surface area contributed by atoms with Crippen molar-refractivity contribution >= 4 is 17.2 Å². The minimum absolute atomic E-state index is 0.194. The molecule has 110 valence electrons. The number of hydrogen-bond acceptors (Lipinski definition) is 4. The molecular formula is C13H11F3N4O. The van der Waals surface area contributed by atoms with E-state index < -0.39 is 11.7 Å². The van der Waals surface area contributed by atoms with E-state index in [-0.39, 0.29) is 11.5 Å². The molecule has 1 aromatic heterocycles. The lowest BCUT2D eigenvalue weighted by molar-refractivity contribution is -0.137. The normalized spacial score (nSPS) is 12.2. The summed E-state index contributed by atoms with van der Waals surface area (Å²) in [6.45, 7) is 0. The molecule has 1 heterocycles. The van der Waals surface area contributed by atoms with Gasteiger partial charge in [-0.05, 0) is 36.4 Å². The van der Waals surface area contributed by atoms with Crippen LogP contribution in [0.25, 0.3) is 0 Å². The van der Waals surface area contributed by atoms with Crippen molar-refractivity contribution in [3.8, 4) is 0 Å². The maximum Gasteiger partial charge on any atom is 0.416 e. The van der Waals surface area contributed by atoms with E-state index in [0.29, 0.717) is 11.4 Å². The Hall–Kier alpha value is -2.77. The number of hydrogen-bond donors (Lipinski definition) is 3. The fraction of sp³-hybridized carbons (Fsp3) is 0.0769. The minimum Gasteiger partial charge on any atom is -0.409 e. The number of benzene rings is 1. The largest absolute Gasteiger partial charge is 0.416 e. The molecular weight excluding hydrogens is 285 g/mol. The number of alkyl halides is 3. The van der Waals surface area contributed by atoms with Gasteiger partial charge in [0.15, 0.2) is 5.84 Å². The van der Waals surface area contributed by atoms with Crippen molar-refractivity contribution in [3.63, 3.8) is 0 Å². The van der Waals surface area contributed by atoms with Gasteiger partial charge in [-0.25, -0.2) is 0 Å². The second-order valence-electron chi connectivity index (χ2n) is 4.08. The molecule has 0 bridgehead atoms. The van der Waals surface area contributed by atoms with Gasteiger partial charge in [0.25, 0.3) is 0 Å². The second kappa shape index (κ2) is 5.70. The molecule has 21 heavy (non-hydrogen) atoms. The van der Waals surface area contributed by atoms with Crippen LogP contribution in [0.15, 0.2) is 47.8 Å². The molecule has 0 amide bonds. The predicted octanol–water partition coefficient (Wildman–Crippen LogP) is 2.94. The molecule has 1 aromatic carbocycles. The van der Waals surface area contributed by atoms with Crippen LogP contribution in [0.4, 0.5) is 24.5 Å². The fourth-order valence-electron chi connectivity index (χ4n) is 1.66. The van der Waals surface area contributed by atoms with E-state index in [2.05, 4.69) is 15.5 Å². The fourth-order valence-corrected chi connectivity index (χ4v) is 1.66. The summed E-state index contributed by atoms with van der Waals surface area (Å²) in [7, 11) is 0. The number of nitrogens with zero attached hydrogens (tertiary/aromatic N) is 2. The van der Waals surface area contributed by atoms with E-state index in [9.17, 15) is 13.2 Å². The van der Waals surface area contributed by atoms with Gasteiger partial charge in [0.2, 0.25) is 0 Å². The first kappa shape index (κ1) is 14.6. The first-order valence-electron chi connectivity index (χ1n) is 5.79. The Morgan fingerprint density at radius 2 is 1.86 bits per heavy atom. The van der Waals surface area contributed by atoms with E-state index in [1.54, 1.807) is 12.1 Å². The van der Waals surface area contributed by atoms with Crippen LogP contribution in [0, 0.1) is 0 Å². The standard InChI is InChI=1S/C13H11F3N4O/c14-13(15,16)8-3-5-9(6-4-8)19-10-2-1-7-18-11(10)12(17)20-21/h1-7,19,21H,(H2,17,20). The molecule has 0 aliphatic heterocycles. The van der Waals surface area contributed by atoms with Gasteiger partial charge in [0.05, 0.1) is 11.3 Å². The number of nitrogens with two attached hydrogens (primary N) is 1. The Kier molecular flexibility index (Phi) is 3.97. The summed E-state index contributed by atoms with van der Waals surface area (Å²) in [6.07, 6.45) is -2.93. The zero-order valence-corrected chi connectivity index (χ0v) is 10.6. The molecule has 0 saturated heterocycles. The second-order valence-corrected chi connectivity index (χ2v) is 4.08. The molecule has 8 heteroatoms. The lowest BCUT2D eigenvalue weighted by Gasteiger charge is -2.11. The van der Waals surface area contributed by atoms with Gasteiger partial charge in [0, 0.05) is 11.9 Å². The van der Waals surface area contributed by atoms with Crippen LogP contribution in [-0.2, 0) is 6.18 Å². The van der Waals surface area contributed by atoms with Crippen molar-refractivity contribution in [1.82, 2.24) is 4.98 Å². The summed E-state index contributed by atoms with van der Waals surface area (Å²) >= 11 is 0. The molecule has 0 aliphatic carbocycles. The minimum atomic E-state index is -4.38. The van der Waals surface area contributed by atoms with Crippen molar-refractivity contribution in [2.45, 2.75) is 6.18 Å². The van der Waals surface area contributed by atoms with Crippen molar-refractivity contribution in [2.24, 2.45) is 10.9 Å². The smallest absolute Gasteiger partial charge is 0.409 e. The number of amidine groups is 1. The van der Waals surface area contributed by atoms with Gasteiger partial charge in [-0.2, -0.15) is 13.2 Å².